The van der Waals surface area contributed by atoms with Gasteiger partial charge in [-0.2, -0.15) is 5.10 Å². The first-order chi connectivity index (χ1) is 9.11. The Kier molecular flexibility index (Phi) is 4.16. The molecule has 0 unspecified atom stereocenters. The number of carbonyl (C=O) groups excluding carboxylic acids is 1. The maximum absolute atomic E-state index is 12.2. The number of hydrogen-bond donors (Lipinski definition) is 1. The number of carbonyl (C=O) groups is 1. The van der Waals surface area contributed by atoms with E-state index in [1.165, 1.54) is 6.33 Å². The number of aryl methyl sites for hydroxylation is 1. The number of hydrogen-bond acceptors (Lipinski definition) is 4. The number of nitrogen functional groups attached to an aromatic ring is 1. The highest BCUT2D eigenvalue weighted by atomic mass is 35.5. The largest absolute Gasteiger partial charge is 0.398 e. The van der Waals surface area contributed by atoms with Gasteiger partial charge in [0.1, 0.15) is 12.2 Å². The van der Waals surface area contributed by atoms with E-state index in [2.05, 4.69) is 10.1 Å². The molecular formula is C13H15ClN4O. The predicted octanol–water partition coefficient (Wildman–Crippen LogP) is 2.35. The molecule has 0 atom stereocenters. The molecule has 1 aromatic heterocycles. The minimum absolute atomic E-state index is 0.0475. The number of ketones is 1. The Morgan fingerprint density at radius 2 is 2.26 bits per heavy atom. The van der Waals surface area contributed by atoms with Crippen LogP contribution in [0.25, 0.3) is 0 Å². The van der Waals surface area contributed by atoms with E-state index in [9.17, 15) is 4.79 Å². The van der Waals surface area contributed by atoms with Crippen molar-refractivity contribution in [2.24, 2.45) is 0 Å². The molecule has 0 saturated carbocycles. The van der Waals surface area contributed by atoms with Gasteiger partial charge in [0, 0.05) is 12.1 Å². The average molecular weight is 279 g/mol. The number of nitrogens with two attached hydrogens (primary N) is 1. The number of aromatic nitrogens is 3. The van der Waals surface area contributed by atoms with Crippen LogP contribution in [0.15, 0.2) is 24.5 Å². The molecule has 0 spiro atoms. The van der Waals surface area contributed by atoms with Gasteiger partial charge in [-0.05, 0) is 24.6 Å². The van der Waals surface area contributed by atoms with Gasteiger partial charge in [0.15, 0.2) is 5.78 Å². The Morgan fingerprint density at radius 3 is 2.95 bits per heavy atom. The van der Waals surface area contributed by atoms with Crippen molar-refractivity contribution >= 4 is 23.1 Å². The summed E-state index contributed by atoms with van der Waals surface area (Å²) < 4.78 is 1.75. The second kappa shape index (κ2) is 5.84. The molecule has 0 radical (unpaired) electrons. The van der Waals surface area contributed by atoms with Crippen LogP contribution >= 0.6 is 11.6 Å². The van der Waals surface area contributed by atoms with Crippen molar-refractivity contribution in [2.75, 3.05) is 5.73 Å². The van der Waals surface area contributed by atoms with Gasteiger partial charge in [-0.3, -0.25) is 4.79 Å². The summed E-state index contributed by atoms with van der Waals surface area (Å²) in [5.41, 5.74) is 6.63. The van der Waals surface area contributed by atoms with Crippen molar-refractivity contribution in [3.8, 4) is 0 Å². The quantitative estimate of drug-likeness (QED) is 0.673. The first-order valence-corrected chi connectivity index (χ1v) is 6.44. The Labute approximate surface area is 116 Å². The zero-order chi connectivity index (χ0) is 13.8. The Bertz CT molecular complexity index is 594. The molecule has 0 fully saturated rings. The smallest absolute Gasteiger partial charge is 0.170 e. The molecule has 19 heavy (non-hydrogen) atoms. The summed E-state index contributed by atoms with van der Waals surface area (Å²) in [5.74, 6) is 0.620. The highest BCUT2D eigenvalue weighted by Gasteiger charge is 2.13. The minimum Gasteiger partial charge on any atom is -0.398 e. The lowest BCUT2D eigenvalue weighted by atomic mass is 10.1. The predicted molar refractivity (Wildman–Crippen MR) is 74.2 cm³/mol. The van der Waals surface area contributed by atoms with Crippen LogP contribution in [0.1, 0.15) is 29.5 Å². The monoisotopic (exact) mass is 278 g/mol. The highest BCUT2D eigenvalue weighted by molar-refractivity contribution is 6.33. The Hall–Kier alpha value is -1.88. The number of anilines is 1. The Balaban J connectivity index is 2.16. The molecule has 0 amide bonds. The van der Waals surface area contributed by atoms with E-state index in [0.29, 0.717) is 22.1 Å². The summed E-state index contributed by atoms with van der Waals surface area (Å²) in [5, 5.41) is 4.54. The van der Waals surface area contributed by atoms with Gasteiger partial charge in [-0.1, -0.05) is 18.5 Å². The molecule has 1 aromatic carbocycles. The molecule has 2 rings (SSSR count). The number of benzene rings is 1. The molecule has 0 aliphatic heterocycles. The van der Waals surface area contributed by atoms with Gasteiger partial charge in [0.25, 0.3) is 0 Å². The number of Topliss-reactive ketones (excluding diaryl/α,β-unsaturated/α-hetero) is 1. The van der Waals surface area contributed by atoms with E-state index in [1.807, 2.05) is 6.92 Å². The van der Waals surface area contributed by atoms with Gasteiger partial charge in [0.05, 0.1) is 17.1 Å². The third-order valence-corrected chi connectivity index (χ3v) is 3.11. The third-order valence-electron chi connectivity index (χ3n) is 2.77. The molecule has 1 heterocycles. The van der Waals surface area contributed by atoms with Crippen LogP contribution in [-0.2, 0) is 13.0 Å². The SMILES string of the molecule is CCCn1ncnc1CC(=O)c1ccc(Cl)c(N)c1. The van der Waals surface area contributed by atoms with Crippen LogP contribution in [0.2, 0.25) is 5.02 Å². The van der Waals surface area contributed by atoms with Gasteiger partial charge < -0.3 is 5.73 Å². The molecular weight excluding hydrogens is 264 g/mol. The molecule has 100 valence electrons. The number of nitrogens with zero attached hydrogens (tertiary/aromatic N) is 3. The van der Waals surface area contributed by atoms with E-state index in [4.69, 9.17) is 17.3 Å². The summed E-state index contributed by atoms with van der Waals surface area (Å²) in [6.45, 7) is 2.80. The van der Waals surface area contributed by atoms with Crippen LogP contribution in [0.4, 0.5) is 5.69 Å². The molecule has 6 heteroatoms. The van der Waals surface area contributed by atoms with Gasteiger partial charge in [-0.15, -0.1) is 0 Å². The van der Waals surface area contributed by atoms with Crippen LogP contribution in [-0.4, -0.2) is 20.5 Å². The summed E-state index contributed by atoms with van der Waals surface area (Å²) in [6, 6.07) is 4.88. The standard InChI is InChI=1S/C13H15ClN4O/c1-2-5-18-13(16-8-17-18)7-12(19)9-3-4-10(14)11(15)6-9/h3-4,6,8H,2,5,7,15H2,1H3. The van der Waals surface area contributed by atoms with E-state index in [-0.39, 0.29) is 12.2 Å². The normalized spacial score (nSPS) is 10.6. The second-order valence-corrected chi connectivity index (χ2v) is 4.64. The van der Waals surface area contributed by atoms with Crippen LogP contribution in [0.5, 0.6) is 0 Å². The van der Waals surface area contributed by atoms with Crippen LogP contribution in [0, 0.1) is 0 Å². The summed E-state index contributed by atoms with van der Waals surface area (Å²) >= 11 is 5.83. The van der Waals surface area contributed by atoms with Crippen molar-refractivity contribution in [3.63, 3.8) is 0 Å². The number of rotatable bonds is 5. The number of halogens is 1. The van der Waals surface area contributed by atoms with E-state index < -0.39 is 0 Å². The third kappa shape index (κ3) is 3.12. The second-order valence-electron chi connectivity index (χ2n) is 4.24. The van der Waals surface area contributed by atoms with Crippen molar-refractivity contribution in [2.45, 2.75) is 26.3 Å². The van der Waals surface area contributed by atoms with E-state index in [1.54, 1.807) is 22.9 Å². The highest BCUT2D eigenvalue weighted by Crippen LogP contribution is 2.20. The summed E-state index contributed by atoms with van der Waals surface area (Å²) in [7, 11) is 0. The van der Waals surface area contributed by atoms with Gasteiger partial charge in [0.2, 0.25) is 0 Å². The van der Waals surface area contributed by atoms with E-state index >= 15 is 0 Å². The Morgan fingerprint density at radius 1 is 1.47 bits per heavy atom. The van der Waals surface area contributed by atoms with Crippen molar-refractivity contribution < 1.29 is 4.79 Å². The zero-order valence-corrected chi connectivity index (χ0v) is 11.4. The minimum atomic E-state index is -0.0475. The van der Waals surface area contributed by atoms with Crippen molar-refractivity contribution in [1.82, 2.24) is 14.8 Å². The lowest BCUT2D eigenvalue weighted by Crippen LogP contribution is -2.11. The summed E-state index contributed by atoms with van der Waals surface area (Å²) in [4.78, 5) is 16.3. The fraction of sp³-hybridized carbons (Fsp3) is 0.308. The fourth-order valence-electron chi connectivity index (χ4n) is 1.79. The van der Waals surface area contributed by atoms with E-state index in [0.717, 1.165) is 13.0 Å². The van der Waals surface area contributed by atoms with Gasteiger partial charge >= 0.3 is 0 Å². The maximum Gasteiger partial charge on any atom is 0.170 e. The lowest BCUT2D eigenvalue weighted by Gasteiger charge is -2.05. The van der Waals surface area contributed by atoms with Gasteiger partial charge in [-0.25, -0.2) is 9.67 Å². The zero-order valence-electron chi connectivity index (χ0n) is 10.6. The lowest BCUT2D eigenvalue weighted by molar-refractivity contribution is 0.0989. The molecule has 0 saturated heterocycles. The topological polar surface area (TPSA) is 73.8 Å². The maximum atomic E-state index is 12.2. The fourth-order valence-corrected chi connectivity index (χ4v) is 1.90. The first-order valence-electron chi connectivity index (χ1n) is 6.06. The van der Waals surface area contributed by atoms with Crippen LogP contribution < -0.4 is 5.73 Å². The van der Waals surface area contributed by atoms with Crippen molar-refractivity contribution in [3.05, 3.63) is 40.9 Å². The molecule has 0 aliphatic carbocycles. The summed E-state index contributed by atoms with van der Waals surface area (Å²) in [6.07, 6.45) is 2.62. The molecule has 2 aromatic rings. The van der Waals surface area contributed by atoms with Crippen molar-refractivity contribution in [1.29, 1.82) is 0 Å². The molecule has 5 nitrogen and oxygen atoms in total. The molecule has 0 bridgehead atoms. The average Bonchev–Trinajstić information content (AvgIpc) is 2.80. The molecule has 2 N–H and O–H groups in total. The van der Waals surface area contributed by atoms with Crippen LogP contribution in [0.3, 0.4) is 0 Å². The molecule has 0 aliphatic rings. The first kappa shape index (κ1) is 13.5.